The molecule has 0 bridgehead atoms. The van der Waals surface area contributed by atoms with E-state index in [1.807, 2.05) is 6.26 Å². The Morgan fingerprint density at radius 1 is 1.16 bits per heavy atom. The van der Waals surface area contributed by atoms with Crippen molar-refractivity contribution in [3.8, 4) is 0 Å². The molecule has 1 N–H and O–H groups in total. The van der Waals surface area contributed by atoms with Gasteiger partial charge in [0, 0.05) is 0 Å². The van der Waals surface area contributed by atoms with E-state index in [2.05, 4.69) is 50.4 Å². The number of benzene rings is 1. The topological polar surface area (TPSA) is 21.3 Å². The average molecular weight is 259 g/mol. The van der Waals surface area contributed by atoms with Crippen LogP contribution in [0.15, 0.2) is 36.1 Å². The Morgan fingerprint density at radius 3 is 2.37 bits per heavy atom. The molecule has 2 heteroatoms. The third-order valence-corrected chi connectivity index (χ3v) is 3.68. The maximum Gasteiger partial charge on any atom is 0.0876 e. The lowest BCUT2D eigenvalue weighted by Crippen LogP contribution is -2.24. The van der Waals surface area contributed by atoms with Crippen molar-refractivity contribution in [2.75, 3.05) is 13.2 Å². The van der Waals surface area contributed by atoms with Gasteiger partial charge in [0.2, 0.25) is 0 Å². The van der Waals surface area contributed by atoms with E-state index in [0.717, 1.165) is 26.0 Å². The average Bonchev–Trinajstić information content (AvgIpc) is 2.46. The highest BCUT2D eigenvalue weighted by Crippen LogP contribution is 2.28. The lowest BCUT2D eigenvalue weighted by molar-refractivity contribution is 0.219. The summed E-state index contributed by atoms with van der Waals surface area (Å²) in [4.78, 5) is 0. The second-order valence-electron chi connectivity index (χ2n) is 5.48. The summed E-state index contributed by atoms with van der Waals surface area (Å²) in [5, 5.41) is 3.57. The lowest BCUT2D eigenvalue weighted by atomic mass is 9.93. The zero-order valence-corrected chi connectivity index (χ0v) is 12.3. The molecule has 1 aromatic carbocycles. The SMILES string of the molecule is CCNC(C1=COCCC1)c1ccc(C(C)C)cc1. The van der Waals surface area contributed by atoms with Gasteiger partial charge in [0.25, 0.3) is 0 Å². The smallest absolute Gasteiger partial charge is 0.0876 e. The second-order valence-corrected chi connectivity index (χ2v) is 5.48. The maximum absolute atomic E-state index is 5.49. The molecular weight excluding hydrogens is 234 g/mol. The largest absolute Gasteiger partial charge is 0.501 e. The number of rotatable bonds is 5. The summed E-state index contributed by atoms with van der Waals surface area (Å²) in [6.07, 6.45) is 4.20. The van der Waals surface area contributed by atoms with Crippen LogP contribution >= 0.6 is 0 Å². The van der Waals surface area contributed by atoms with Crippen LogP contribution in [0.5, 0.6) is 0 Å². The molecule has 1 aromatic rings. The first-order valence-electron chi connectivity index (χ1n) is 7.36. The fourth-order valence-electron chi connectivity index (χ4n) is 2.54. The molecule has 0 saturated carbocycles. The summed E-state index contributed by atoms with van der Waals surface area (Å²) in [7, 11) is 0. The zero-order chi connectivity index (χ0) is 13.7. The van der Waals surface area contributed by atoms with Crippen molar-refractivity contribution < 1.29 is 4.74 Å². The van der Waals surface area contributed by atoms with Gasteiger partial charge in [0.1, 0.15) is 0 Å². The Balaban J connectivity index is 2.20. The lowest BCUT2D eigenvalue weighted by Gasteiger charge is -2.24. The molecule has 0 spiro atoms. The molecule has 2 nitrogen and oxygen atoms in total. The summed E-state index contributed by atoms with van der Waals surface area (Å²) in [6.45, 7) is 8.44. The third-order valence-electron chi connectivity index (χ3n) is 3.68. The number of hydrogen-bond donors (Lipinski definition) is 1. The minimum atomic E-state index is 0.298. The standard InChI is InChI=1S/C17H25NO/c1-4-18-17(16-6-5-11-19-12-16)15-9-7-14(8-10-15)13(2)3/h7-10,12-13,17-18H,4-6,11H2,1-3H3. The van der Waals surface area contributed by atoms with E-state index in [0.29, 0.717) is 12.0 Å². The minimum absolute atomic E-state index is 0.298. The molecule has 0 aromatic heterocycles. The van der Waals surface area contributed by atoms with Crippen LogP contribution in [0.2, 0.25) is 0 Å². The third kappa shape index (κ3) is 3.60. The van der Waals surface area contributed by atoms with Gasteiger partial charge in [-0.1, -0.05) is 45.0 Å². The highest BCUT2D eigenvalue weighted by Gasteiger charge is 2.18. The summed E-state index contributed by atoms with van der Waals surface area (Å²) >= 11 is 0. The molecule has 1 aliphatic heterocycles. The molecule has 0 aliphatic carbocycles. The van der Waals surface area contributed by atoms with Crippen LogP contribution < -0.4 is 5.32 Å². The molecule has 1 unspecified atom stereocenters. The predicted octanol–water partition coefficient (Wildman–Crippen LogP) is 4.15. The Kier molecular flexibility index (Phi) is 5.03. The van der Waals surface area contributed by atoms with E-state index < -0.39 is 0 Å². The fourth-order valence-corrected chi connectivity index (χ4v) is 2.54. The van der Waals surface area contributed by atoms with E-state index in [1.54, 1.807) is 0 Å². The molecule has 0 radical (unpaired) electrons. The fraction of sp³-hybridized carbons (Fsp3) is 0.529. The van der Waals surface area contributed by atoms with Gasteiger partial charge < -0.3 is 10.1 Å². The van der Waals surface area contributed by atoms with Gasteiger partial charge in [0.15, 0.2) is 0 Å². The van der Waals surface area contributed by atoms with E-state index in [9.17, 15) is 0 Å². The Hall–Kier alpha value is -1.28. The van der Waals surface area contributed by atoms with Gasteiger partial charge in [-0.15, -0.1) is 0 Å². The van der Waals surface area contributed by atoms with Gasteiger partial charge in [-0.25, -0.2) is 0 Å². The van der Waals surface area contributed by atoms with E-state index in [1.165, 1.54) is 16.7 Å². The minimum Gasteiger partial charge on any atom is -0.501 e. The molecule has 0 fully saturated rings. The first kappa shape index (κ1) is 14.1. The van der Waals surface area contributed by atoms with Crippen molar-refractivity contribution in [3.05, 3.63) is 47.2 Å². The first-order valence-corrected chi connectivity index (χ1v) is 7.36. The van der Waals surface area contributed by atoms with E-state index in [-0.39, 0.29) is 0 Å². The van der Waals surface area contributed by atoms with Crippen LogP contribution in [0.25, 0.3) is 0 Å². The van der Waals surface area contributed by atoms with Crippen LogP contribution in [-0.2, 0) is 4.74 Å². The van der Waals surface area contributed by atoms with Crippen molar-refractivity contribution in [3.63, 3.8) is 0 Å². The molecule has 19 heavy (non-hydrogen) atoms. The molecule has 1 atom stereocenters. The van der Waals surface area contributed by atoms with Crippen LogP contribution in [-0.4, -0.2) is 13.2 Å². The molecule has 1 aliphatic rings. The van der Waals surface area contributed by atoms with Crippen LogP contribution in [0.1, 0.15) is 56.7 Å². The van der Waals surface area contributed by atoms with E-state index >= 15 is 0 Å². The van der Waals surface area contributed by atoms with E-state index in [4.69, 9.17) is 4.74 Å². The zero-order valence-electron chi connectivity index (χ0n) is 12.3. The van der Waals surface area contributed by atoms with Crippen molar-refractivity contribution >= 4 is 0 Å². The second kappa shape index (κ2) is 6.76. The van der Waals surface area contributed by atoms with Gasteiger partial charge in [-0.3, -0.25) is 0 Å². The highest BCUT2D eigenvalue weighted by molar-refractivity contribution is 5.32. The Bertz CT molecular complexity index is 419. The molecule has 0 amide bonds. The van der Waals surface area contributed by atoms with Crippen molar-refractivity contribution in [2.45, 2.75) is 45.6 Å². The summed E-state index contributed by atoms with van der Waals surface area (Å²) in [5.41, 5.74) is 4.10. The van der Waals surface area contributed by atoms with Gasteiger partial charge in [0.05, 0.1) is 18.9 Å². The van der Waals surface area contributed by atoms with Crippen molar-refractivity contribution in [1.29, 1.82) is 0 Å². The molecule has 2 rings (SSSR count). The highest BCUT2D eigenvalue weighted by atomic mass is 16.5. The molecular formula is C17H25NO. The Morgan fingerprint density at radius 2 is 1.84 bits per heavy atom. The summed E-state index contributed by atoms with van der Waals surface area (Å²) < 4.78 is 5.49. The first-order chi connectivity index (χ1) is 9.22. The normalized spacial score (nSPS) is 16.9. The number of hydrogen-bond acceptors (Lipinski definition) is 2. The monoisotopic (exact) mass is 259 g/mol. The van der Waals surface area contributed by atoms with Crippen LogP contribution in [0.4, 0.5) is 0 Å². The van der Waals surface area contributed by atoms with Gasteiger partial charge in [-0.05, 0) is 42.0 Å². The number of nitrogens with one attached hydrogen (secondary N) is 1. The van der Waals surface area contributed by atoms with Crippen LogP contribution in [0.3, 0.4) is 0 Å². The Labute approximate surface area is 116 Å². The predicted molar refractivity (Wildman–Crippen MR) is 80.2 cm³/mol. The molecule has 1 heterocycles. The van der Waals surface area contributed by atoms with Crippen LogP contribution in [0, 0.1) is 0 Å². The van der Waals surface area contributed by atoms with Gasteiger partial charge >= 0.3 is 0 Å². The van der Waals surface area contributed by atoms with Crippen molar-refractivity contribution in [1.82, 2.24) is 5.32 Å². The van der Waals surface area contributed by atoms with Crippen molar-refractivity contribution in [2.24, 2.45) is 0 Å². The quantitative estimate of drug-likeness (QED) is 0.857. The maximum atomic E-state index is 5.49. The molecule has 104 valence electrons. The van der Waals surface area contributed by atoms with Gasteiger partial charge in [-0.2, -0.15) is 0 Å². The summed E-state index contributed by atoms with van der Waals surface area (Å²) in [5.74, 6) is 0.587. The molecule has 0 saturated heterocycles. The number of ether oxygens (including phenoxy) is 1. The summed E-state index contributed by atoms with van der Waals surface area (Å²) in [6, 6.07) is 9.28. The number of likely N-dealkylation sites (N-methyl/N-ethyl adjacent to an activating group) is 1.